The summed E-state index contributed by atoms with van der Waals surface area (Å²) in [5.41, 5.74) is 0.823. The lowest BCUT2D eigenvalue weighted by Gasteiger charge is -2.39. The van der Waals surface area contributed by atoms with E-state index >= 15 is 0 Å². The fourth-order valence-electron chi connectivity index (χ4n) is 6.70. The number of nitrogens with zero attached hydrogens (tertiary/aromatic N) is 1. The Morgan fingerprint density at radius 1 is 0.982 bits per heavy atom. The number of rotatable bonds is 20. The molecule has 2 N–H and O–H groups in total. The van der Waals surface area contributed by atoms with Crippen molar-refractivity contribution in [2.45, 2.75) is 128 Å². The first-order valence-corrected chi connectivity index (χ1v) is 19.2. The summed E-state index contributed by atoms with van der Waals surface area (Å²) in [6.07, 6.45) is 11.1. The summed E-state index contributed by atoms with van der Waals surface area (Å²) in [6.45, 7) is 10.9. The quantitative estimate of drug-likeness (QED) is 0.0458. The van der Waals surface area contributed by atoms with Crippen molar-refractivity contribution in [2.24, 2.45) is 5.92 Å². The van der Waals surface area contributed by atoms with Crippen molar-refractivity contribution in [3.8, 4) is 0 Å². The van der Waals surface area contributed by atoms with Gasteiger partial charge < -0.3 is 43.9 Å². The van der Waals surface area contributed by atoms with Crippen LogP contribution in [0.3, 0.4) is 0 Å². The van der Waals surface area contributed by atoms with Crippen LogP contribution in [0.5, 0.6) is 0 Å². The summed E-state index contributed by atoms with van der Waals surface area (Å²) in [6, 6.07) is -0.129. The summed E-state index contributed by atoms with van der Waals surface area (Å²) in [5, 5.41) is 6.37. The molecule has 0 saturated carbocycles. The molecular weight excluding hydrogens is 718 g/mol. The van der Waals surface area contributed by atoms with E-state index in [1.54, 1.807) is 13.0 Å². The van der Waals surface area contributed by atoms with Gasteiger partial charge in [-0.05, 0) is 45.6 Å². The largest absolute Gasteiger partial charge is 0.459 e. The van der Waals surface area contributed by atoms with Gasteiger partial charge in [0.15, 0.2) is 0 Å². The maximum Gasteiger partial charge on any atom is 0.335 e. The van der Waals surface area contributed by atoms with E-state index in [-0.39, 0.29) is 106 Å². The van der Waals surface area contributed by atoms with Gasteiger partial charge in [-0.25, -0.2) is 4.79 Å². The van der Waals surface area contributed by atoms with Crippen LogP contribution in [-0.2, 0) is 62.0 Å². The lowest BCUT2D eigenvalue weighted by molar-refractivity contribution is -0.198. The van der Waals surface area contributed by atoms with Gasteiger partial charge in [0, 0.05) is 45.2 Å². The van der Waals surface area contributed by atoms with Crippen molar-refractivity contribution in [3.63, 3.8) is 0 Å². The van der Waals surface area contributed by atoms with Crippen molar-refractivity contribution in [2.75, 3.05) is 39.6 Å². The highest BCUT2D eigenvalue weighted by molar-refractivity contribution is 6.01. The molecule has 4 aliphatic heterocycles. The van der Waals surface area contributed by atoms with Crippen LogP contribution >= 0.6 is 0 Å². The van der Waals surface area contributed by atoms with Crippen LogP contribution in [-0.4, -0.2) is 122 Å². The zero-order chi connectivity index (χ0) is 40.0. The molecule has 4 rings (SSSR count). The molecule has 8 atom stereocenters. The minimum absolute atomic E-state index is 0.00773. The van der Waals surface area contributed by atoms with Crippen molar-refractivity contribution in [1.29, 1.82) is 0 Å². The summed E-state index contributed by atoms with van der Waals surface area (Å²) in [4.78, 5) is 75.8. The Morgan fingerprint density at radius 3 is 2.38 bits per heavy atom. The van der Waals surface area contributed by atoms with Crippen LogP contribution in [0.15, 0.2) is 36.0 Å². The average molecular weight is 776 g/mol. The number of nitrogens with one attached hydrogen (secondary N) is 2. The number of epoxide rings is 1. The van der Waals surface area contributed by atoms with Gasteiger partial charge in [-0.2, -0.15) is 0 Å². The molecule has 0 aliphatic carbocycles. The smallest absolute Gasteiger partial charge is 0.335 e. The summed E-state index contributed by atoms with van der Waals surface area (Å²) < 4.78 is 34.2. The van der Waals surface area contributed by atoms with E-state index in [1.807, 2.05) is 26.0 Å². The topological polar surface area (TPSA) is 198 Å². The molecule has 0 aromatic carbocycles. The summed E-state index contributed by atoms with van der Waals surface area (Å²) >= 11 is 0. The Hall–Kier alpha value is -3.96. The number of allylic oxidation sites excluding steroid dienone is 2. The van der Waals surface area contributed by atoms with Crippen LogP contribution in [0, 0.1) is 5.92 Å². The Morgan fingerprint density at radius 2 is 1.69 bits per heavy atom. The van der Waals surface area contributed by atoms with Gasteiger partial charge in [-0.15, -0.1) is 5.06 Å². The van der Waals surface area contributed by atoms with Gasteiger partial charge in [0.2, 0.25) is 11.8 Å². The lowest BCUT2D eigenvalue weighted by Crippen LogP contribution is -2.50. The zero-order valence-electron chi connectivity index (χ0n) is 32.6. The number of carbonyl (C=O) groups is 6. The number of imide groups is 1. The van der Waals surface area contributed by atoms with Crippen LogP contribution < -0.4 is 10.6 Å². The Kier molecular flexibility index (Phi) is 17.0. The molecule has 4 heterocycles. The van der Waals surface area contributed by atoms with Crippen LogP contribution in [0.25, 0.3) is 0 Å². The second-order valence-electron chi connectivity index (χ2n) is 14.7. The highest BCUT2D eigenvalue weighted by Crippen LogP contribution is 2.43. The number of esters is 1. The molecule has 0 aromatic heterocycles. The van der Waals surface area contributed by atoms with E-state index in [2.05, 4.69) is 23.6 Å². The number of ether oxygens (including phenoxy) is 6. The minimum atomic E-state index is -0.727. The van der Waals surface area contributed by atoms with Gasteiger partial charge in [0.25, 0.3) is 11.8 Å². The van der Waals surface area contributed by atoms with Gasteiger partial charge in [-0.1, -0.05) is 30.7 Å². The third-order valence-corrected chi connectivity index (χ3v) is 9.76. The molecule has 1 spiro atoms. The molecule has 4 saturated heterocycles. The second-order valence-corrected chi connectivity index (χ2v) is 14.7. The molecule has 0 bridgehead atoms. The predicted octanol–water partition coefficient (Wildman–Crippen LogP) is 2.54. The van der Waals surface area contributed by atoms with Gasteiger partial charge in [-0.3, -0.25) is 24.0 Å². The first-order valence-electron chi connectivity index (χ1n) is 19.2. The van der Waals surface area contributed by atoms with E-state index < -0.39 is 29.9 Å². The van der Waals surface area contributed by atoms with Gasteiger partial charge >= 0.3 is 11.9 Å². The Balaban J connectivity index is 1.08. The van der Waals surface area contributed by atoms with Crippen molar-refractivity contribution in [1.82, 2.24) is 15.7 Å². The van der Waals surface area contributed by atoms with Gasteiger partial charge in [0.05, 0.1) is 81.9 Å². The Bertz CT molecular complexity index is 1440. The average Bonchev–Trinajstić information content (AvgIpc) is 3.79. The third kappa shape index (κ3) is 15.2. The summed E-state index contributed by atoms with van der Waals surface area (Å²) in [5.74, 6) is -2.36. The monoisotopic (exact) mass is 775 g/mol. The molecule has 16 heteroatoms. The second kappa shape index (κ2) is 21.4. The molecule has 4 amide bonds. The number of carbonyl (C=O) groups excluding carboxylic acids is 6. The van der Waals surface area contributed by atoms with E-state index in [1.165, 1.54) is 13.0 Å². The van der Waals surface area contributed by atoms with Gasteiger partial charge in [0.1, 0.15) is 6.10 Å². The molecular formula is C39H57N3O13. The highest BCUT2D eigenvalue weighted by atomic mass is 16.7. The van der Waals surface area contributed by atoms with Crippen LogP contribution in [0.2, 0.25) is 0 Å². The number of hydrogen-bond donors (Lipinski definition) is 2. The first kappa shape index (κ1) is 43.8. The molecule has 1 unspecified atom stereocenters. The maximum atomic E-state index is 12.7. The van der Waals surface area contributed by atoms with E-state index in [0.29, 0.717) is 24.6 Å². The van der Waals surface area contributed by atoms with E-state index in [4.69, 9.17) is 33.3 Å². The van der Waals surface area contributed by atoms with Crippen LogP contribution in [0.1, 0.15) is 86.0 Å². The molecule has 16 nitrogen and oxygen atoms in total. The maximum absolute atomic E-state index is 12.7. The van der Waals surface area contributed by atoms with E-state index in [0.717, 1.165) is 24.8 Å². The first-order chi connectivity index (χ1) is 26.2. The zero-order valence-corrected chi connectivity index (χ0v) is 32.6. The molecule has 4 fully saturated rings. The standard InChI is InChI=1S/C39H57N3O13/c1-25(7-10-33-26(2)20-32(28(4)53-33)41-34(44)11-8-27(3)52-29(5)43)6-9-30-22-39(24-51-39)23-31(54-30)21-35(45)40-15-17-50-19-18-49-16-14-38(48)55-42-36(46)12-13-37(42)47/h6-9,11,26-28,30-33H,10,12-24H2,1-5H3,(H,40,45)(H,41,44)/b9-6+,11-8-,25-7+/t26-,27?,28+,30+,31+,32+,33-,39+/m0/s1. The molecule has 0 radical (unpaired) electrons. The van der Waals surface area contributed by atoms with E-state index in [9.17, 15) is 28.8 Å². The van der Waals surface area contributed by atoms with Crippen molar-refractivity contribution >= 4 is 35.6 Å². The summed E-state index contributed by atoms with van der Waals surface area (Å²) in [7, 11) is 0. The molecule has 55 heavy (non-hydrogen) atoms. The highest BCUT2D eigenvalue weighted by Gasteiger charge is 2.51. The SMILES string of the molecule is CC(=O)OC(C)/C=C\C(=O)N[C@@H]1C[C@H](C)[C@H](C/C=C(C)/C=C/[C@@H]2C[C@]3(CO3)C[C@@H](CC(=O)NCCOCCOCCC(=O)ON3C(=O)CCC3=O)O2)O[C@@H]1C. The third-order valence-electron chi connectivity index (χ3n) is 9.76. The number of hydroxylamine groups is 2. The lowest BCUT2D eigenvalue weighted by atomic mass is 9.88. The molecule has 306 valence electrons. The predicted molar refractivity (Wildman–Crippen MR) is 196 cm³/mol. The Labute approximate surface area is 322 Å². The fourth-order valence-corrected chi connectivity index (χ4v) is 6.70. The number of amides is 4. The normalized spacial score (nSPS) is 28.8. The molecule has 0 aromatic rings. The number of hydrogen-bond acceptors (Lipinski definition) is 13. The minimum Gasteiger partial charge on any atom is -0.459 e. The fraction of sp³-hybridized carbons (Fsp3) is 0.692. The van der Waals surface area contributed by atoms with Crippen LogP contribution in [0.4, 0.5) is 0 Å². The van der Waals surface area contributed by atoms with Crippen molar-refractivity contribution < 1.29 is 62.0 Å². The molecule has 4 aliphatic rings. The van der Waals surface area contributed by atoms with Crippen molar-refractivity contribution in [3.05, 3.63) is 36.0 Å².